The Bertz CT molecular complexity index is 2190. The van der Waals surface area contributed by atoms with Gasteiger partial charge in [0, 0.05) is 56.2 Å². The van der Waals surface area contributed by atoms with Crippen molar-refractivity contribution < 1.29 is 37.0 Å². The number of amides is 3. The van der Waals surface area contributed by atoms with Crippen molar-refractivity contribution in [2.75, 3.05) is 37.7 Å². The molecule has 55 heavy (non-hydrogen) atoms. The number of hydrogen-bond acceptors (Lipinski definition) is 9. The number of anilines is 2. The maximum absolute atomic E-state index is 14.0. The van der Waals surface area contributed by atoms with Crippen molar-refractivity contribution in [3.8, 4) is 29.0 Å². The Hall–Kier alpha value is -5.88. The van der Waals surface area contributed by atoms with Gasteiger partial charge >= 0.3 is 12.3 Å². The fourth-order valence-electron chi connectivity index (χ4n) is 6.50. The van der Waals surface area contributed by atoms with Crippen LogP contribution < -0.4 is 15.8 Å². The van der Waals surface area contributed by atoms with Crippen LogP contribution in [0.5, 0.6) is 5.75 Å². The van der Waals surface area contributed by atoms with Crippen LogP contribution in [-0.2, 0) is 35.6 Å². The van der Waals surface area contributed by atoms with Crippen molar-refractivity contribution in [2.24, 2.45) is 7.05 Å². The van der Waals surface area contributed by atoms with Crippen LogP contribution in [0.4, 0.5) is 29.6 Å². The first kappa shape index (κ1) is 38.8. The molecule has 0 radical (unpaired) electrons. The van der Waals surface area contributed by atoms with Gasteiger partial charge in [0.05, 0.1) is 28.8 Å². The third kappa shape index (κ3) is 9.26. The number of nitrogens with one attached hydrogen (secondary N) is 1. The second-order valence-electron chi connectivity index (χ2n) is 14.6. The molecule has 2 aromatic carbocycles. The Labute approximate surface area is 316 Å². The van der Waals surface area contributed by atoms with E-state index in [-0.39, 0.29) is 36.5 Å². The number of benzene rings is 2. The number of ether oxygens (including phenoxy) is 2. The summed E-state index contributed by atoms with van der Waals surface area (Å²) in [4.78, 5) is 50.9. The SMILES string of the molecule is CN1CCC(Oc2ccc(NC(=O)Cc3cccc(C#Cc4cnc(N)nc4-c4cc5c(n4C)CCN(C(=O)OC(C)(C)C)C5=O)c3)cc2C(F)(F)F)CC1. The highest BCUT2D eigenvalue weighted by Crippen LogP contribution is 2.39. The van der Waals surface area contributed by atoms with Gasteiger partial charge in [-0.3, -0.25) is 9.59 Å². The van der Waals surface area contributed by atoms with Gasteiger partial charge < -0.3 is 30.0 Å². The number of imide groups is 1. The average molecular weight is 758 g/mol. The monoisotopic (exact) mass is 757 g/mol. The van der Waals surface area contributed by atoms with Crippen LogP contribution in [-0.4, -0.2) is 80.6 Å². The van der Waals surface area contributed by atoms with Gasteiger partial charge in [-0.05, 0) is 82.6 Å². The summed E-state index contributed by atoms with van der Waals surface area (Å²) in [7, 11) is 3.75. The van der Waals surface area contributed by atoms with Crippen molar-refractivity contribution >= 4 is 29.5 Å². The molecule has 1 fully saturated rings. The molecular formula is C40H42F3N7O5. The van der Waals surface area contributed by atoms with Crippen molar-refractivity contribution in [3.05, 3.63) is 88.2 Å². The summed E-state index contributed by atoms with van der Waals surface area (Å²) >= 11 is 0. The molecule has 6 rings (SSSR count). The Morgan fingerprint density at radius 3 is 2.47 bits per heavy atom. The third-order valence-corrected chi connectivity index (χ3v) is 9.23. The molecule has 0 aliphatic carbocycles. The van der Waals surface area contributed by atoms with E-state index in [1.54, 1.807) is 58.2 Å². The molecule has 4 heterocycles. The number of piperidine rings is 1. The van der Waals surface area contributed by atoms with E-state index in [1.807, 2.05) is 11.6 Å². The molecule has 12 nitrogen and oxygen atoms in total. The number of nitrogens with zero attached hydrogens (tertiary/aromatic N) is 5. The number of nitrogen functional groups attached to an aromatic ring is 1. The number of nitrogens with two attached hydrogens (primary N) is 1. The van der Waals surface area contributed by atoms with Gasteiger partial charge in [0.15, 0.2) is 0 Å². The van der Waals surface area contributed by atoms with Crippen LogP contribution in [0.25, 0.3) is 11.4 Å². The minimum atomic E-state index is -4.68. The molecule has 3 N–H and O–H groups in total. The van der Waals surface area contributed by atoms with Crippen LogP contribution in [0.2, 0.25) is 0 Å². The van der Waals surface area contributed by atoms with E-state index in [1.165, 1.54) is 18.3 Å². The fraction of sp³-hybridized carbons (Fsp3) is 0.375. The molecular weight excluding hydrogens is 715 g/mol. The Morgan fingerprint density at radius 2 is 1.76 bits per heavy atom. The number of aromatic nitrogens is 3. The van der Waals surface area contributed by atoms with Crippen molar-refractivity contribution in [1.82, 2.24) is 24.3 Å². The standard InChI is InChI=1S/C40H42F3N7O5/c1-39(2,3)55-38(53)50-18-15-31-29(36(50)52)22-32(49(31)5)35-26(23-45-37(44)47-35)10-9-24-7-6-8-25(19-24)20-34(51)46-27-11-12-33(30(21-27)40(41,42)43)54-28-13-16-48(4)17-14-28/h6-8,11-12,19,21-23,28H,13-18,20H2,1-5H3,(H,46,51)(H2,44,45,47). The van der Waals surface area contributed by atoms with E-state index >= 15 is 0 Å². The predicted octanol–water partition coefficient (Wildman–Crippen LogP) is 6.07. The molecule has 4 aromatic rings. The highest BCUT2D eigenvalue weighted by molar-refractivity contribution is 6.05. The maximum Gasteiger partial charge on any atom is 0.420 e. The van der Waals surface area contributed by atoms with E-state index in [4.69, 9.17) is 15.2 Å². The number of alkyl halides is 3. The van der Waals surface area contributed by atoms with Gasteiger partial charge in [-0.25, -0.2) is 19.7 Å². The first-order valence-corrected chi connectivity index (χ1v) is 17.8. The number of likely N-dealkylation sites (tertiary alicyclic amines) is 1. The summed E-state index contributed by atoms with van der Waals surface area (Å²) in [5, 5.41) is 2.57. The van der Waals surface area contributed by atoms with Crippen LogP contribution in [0.1, 0.15) is 71.9 Å². The highest BCUT2D eigenvalue weighted by Gasteiger charge is 2.37. The van der Waals surface area contributed by atoms with Gasteiger partial charge in [-0.15, -0.1) is 0 Å². The highest BCUT2D eigenvalue weighted by atomic mass is 19.4. The minimum Gasteiger partial charge on any atom is -0.490 e. The summed E-state index contributed by atoms with van der Waals surface area (Å²) in [6.07, 6.45) is -2.71. The number of fused-ring (bicyclic) bond motifs is 1. The van der Waals surface area contributed by atoms with Gasteiger partial charge in [-0.1, -0.05) is 24.0 Å². The summed E-state index contributed by atoms with van der Waals surface area (Å²) in [5.74, 6) is 4.88. The fourth-order valence-corrected chi connectivity index (χ4v) is 6.50. The van der Waals surface area contributed by atoms with Crippen molar-refractivity contribution in [3.63, 3.8) is 0 Å². The van der Waals surface area contributed by atoms with Crippen LogP contribution in [0.15, 0.2) is 54.7 Å². The Balaban J connectivity index is 1.17. The lowest BCUT2D eigenvalue weighted by atomic mass is 10.1. The smallest absolute Gasteiger partial charge is 0.420 e. The molecule has 288 valence electrons. The van der Waals surface area contributed by atoms with E-state index in [9.17, 15) is 27.6 Å². The van der Waals surface area contributed by atoms with E-state index in [0.29, 0.717) is 58.6 Å². The number of hydrogen-bond donors (Lipinski definition) is 2. The normalized spacial score (nSPS) is 15.2. The number of carbonyl (C=O) groups is 3. The van der Waals surface area contributed by atoms with Gasteiger partial charge in [0.25, 0.3) is 5.91 Å². The molecule has 3 amide bonds. The molecule has 2 aliphatic heterocycles. The predicted molar refractivity (Wildman–Crippen MR) is 199 cm³/mol. The van der Waals surface area contributed by atoms with Crippen LogP contribution in [0.3, 0.4) is 0 Å². The molecule has 2 aliphatic rings. The number of halogens is 3. The van der Waals surface area contributed by atoms with Crippen molar-refractivity contribution in [1.29, 1.82) is 0 Å². The number of rotatable bonds is 6. The molecule has 2 aromatic heterocycles. The van der Waals surface area contributed by atoms with Gasteiger partial charge in [0.2, 0.25) is 11.9 Å². The van der Waals surface area contributed by atoms with Gasteiger partial charge in [0.1, 0.15) is 23.1 Å². The molecule has 0 spiro atoms. The van der Waals surface area contributed by atoms with Gasteiger partial charge in [-0.2, -0.15) is 13.2 Å². The Morgan fingerprint density at radius 1 is 1.02 bits per heavy atom. The zero-order valence-electron chi connectivity index (χ0n) is 31.2. The topological polar surface area (TPSA) is 145 Å². The molecule has 0 atom stereocenters. The summed E-state index contributed by atoms with van der Waals surface area (Å²) < 4.78 is 55.1. The quantitative estimate of drug-likeness (QED) is 0.224. The van der Waals surface area contributed by atoms with E-state index in [0.717, 1.165) is 24.1 Å². The van der Waals surface area contributed by atoms with E-state index in [2.05, 4.69) is 32.0 Å². The second-order valence-corrected chi connectivity index (χ2v) is 14.6. The van der Waals surface area contributed by atoms with Crippen LogP contribution >= 0.6 is 0 Å². The molecule has 0 unspecified atom stereocenters. The molecule has 0 saturated carbocycles. The largest absolute Gasteiger partial charge is 0.490 e. The summed E-state index contributed by atoms with van der Waals surface area (Å²) in [5.41, 5.74) is 7.79. The Kier molecular flexibility index (Phi) is 10.9. The minimum absolute atomic E-state index is 0.00137. The molecule has 15 heteroatoms. The summed E-state index contributed by atoms with van der Waals surface area (Å²) in [6, 6.07) is 12.1. The first-order valence-electron chi connectivity index (χ1n) is 17.8. The van der Waals surface area contributed by atoms with Crippen LogP contribution in [0, 0.1) is 11.8 Å². The lowest BCUT2D eigenvalue weighted by Crippen LogP contribution is -2.44. The molecule has 1 saturated heterocycles. The maximum atomic E-state index is 14.0. The zero-order valence-corrected chi connectivity index (χ0v) is 31.2. The zero-order chi connectivity index (χ0) is 39.7. The molecule has 0 bridgehead atoms. The lowest BCUT2D eigenvalue weighted by Gasteiger charge is -2.30. The summed E-state index contributed by atoms with van der Waals surface area (Å²) in [6.45, 7) is 6.81. The third-order valence-electron chi connectivity index (χ3n) is 9.23. The average Bonchev–Trinajstić information content (AvgIpc) is 3.45. The van der Waals surface area contributed by atoms with Crippen molar-refractivity contribution in [2.45, 2.75) is 64.3 Å². The lowest BCUT2D eigenvalue weighted by molar-refractivity contribution is -0.139. The first-order chi connectivity index (χ1) is 25.9. The van der Waals surface area contributed by atoms with E-state index < -0.39 is 35.2 Å². The number of carbonyl (C=O) groups excluding carboxylic acids is 3. The second kappa shape index (κ2) is 15.5.